The van der Waals surface area contributed by atoms with Crippen molar-refractivity contribution in [1.82, 2.24) is 4.90 Å². The zero-order valence-electron chi connectivity index (χ0n) is 14.4. The van der Waals surface area contributed by atoms with Gasteiger partial charge in [0.2, 0.25) is 15.9 Å². The fraction of sp³-hybridized carbons (Fsp3) is 0.562. The number of benzene rings is 1. The van der Waals surface area contributed by atoms with Crippen LogP contribution in [0.2, 0.25) is 5.02 Å². The maximum absolute atomic E-state index is 12.2. The van der Waals surface area contributed by atoms with E-state index in [0.717, 1.165) is 17.4 Å². The highest BCUT2D eigenvalue weighted by atomic mass is 35.5. The number of anilines is 1. The molecule has 0 aromatic heterocycles. The second-order valence-corrected chi connectivity index (χ2v) is 7.88. The maximum Gasteiger partial charge on any atom is 0.232 e. The number of nitrogens with zero attached hydrogens (tertiary/aromatic N) is 2. The molecule has 5 nitrogen and oxygen atoms in total. The van der Waals surface area contributed by atoms with E-state index in [2.05, 4.69) is 0 Å². The molecule has 0 spiro atoms. The van der Waals surface area contributed by atoms with Crippen molar-refractivity contribution in [2.75, 3.05) is 30.2 Å². The summed E-state index contributed by atoms with van der Waals surface area (Å²) >= 11 is 6.27. The minimum atomic E-state index is -3.53. The van der Waals surface area contributed by atoms with Crippen molar-refractivity contribution in [3.63, 3.8) is 0 Å². The summed E-state index contributed by atoms with van der Waals surface area (Å²) in [6.45, 7) is 8.82. The van der Waals surface area contributed by atoms with E-state index < -0.39 is 10.0 Å². The van der Waals surface area contributed by atoms with E-state index in [1.54, 1.807) is 11.0 Å². The lowest BCUT2D eigenvalue weighted by atomic mass is 10.1. The van der Waals surface area contributed by atoms with E-state index in [9.17, 15) is 13.2 Å². The van der Waals surface area contributed by atoms with Gasteiger partial charge in [0.25, 0.3) is 0 Å². The van der Waals surface area contributed by atoms with Crippen molar-refractivity contribution in [2.24, 2.45) is 0 Å². The Bertz CT molecular complexity index is 647. The van der Waals surface area contributed by atoms with E-state index in [1.807, 2.05) is 33.8 Å². The number of aryl methyl sites for hydroxylation is 2. The van der Waals surface area contributed by atoms with E-state index in [1.165, 1.54) is 4.31 Å². The summed E-state index contributed by atoms with van der Waals surface area (Å²) in [7, 11) is -3.53. The van der Waals surface area contributed by atoms with E-state index >= 15 is 0 Å². The van der Waals surface area contributed by atoms with Gasteiger partial charge in [0.05, 0.1) is 17.0 Å². The highest BCUT2D eigenvalue weighted by Crippen LogP contribution is 2.32. The minimum absolute atomic E-state index is 0.0652. The molecule has 1 rings (SSSR count). The Labute approximate surface area is 144 Å². The van der Waals surface area contributed by atoms with Gasteiger partial charge in [-0.3, -0.25) is 9.10 Å². The van der Waals surface area contributed by atoms with Gasteiger partial charge >= 0.3 is 0 Å². The lowest BCUT2D eigenvalue weighted by molar-refractivity contribution is -0.130. The van der Waals surface area contributed by atoms with Gasteiger partial charge in [-0.2, -0.15) is 0 Å². The highest BCUT2D eigenvalue weighted by Gasteiger charge is 2.23. The monoisotopic (exact) mass is 360 g/mol. The third-order valence-electron chi connectivity index (χ3n) is 3.69. The van der Waals surface area contributed by atoms with E-state index in [4.69, 9.17) is 11.6 Å². The number of amides is 1. The zero-order chi connectivity index (χ0) is 17.8. The van der Waals surface area contributed by atoms with Crippen molar-refractivity contribution in [3.05, 3.63) is 28.3 Å². The molecule has 7 heteroatoms. The number of carbonyl (C=O) groups excluding carboxylic acids is 1. The lowest BCUT2D eigenvalue weighted by Gasteiger charge is -2.27. The molecule has 0 saturated heterocycles. The third-order valence-corrected chi connectivity index (χ3v) is 5.15. The first-order chi connectivity index (χ1) is 10.6. The zero-order valence-corrected chi connectivity index (χ0v) is 16.0. The standard InChI is InChI=1S/C16H25ClN2O3S/c1-6-18(7-2)15(20)8-9-19(23(5,21)22)16-13(4)10-12(3)11-14(16)17/h10-11H,6-9H2,1-5H3. The normalized spacial score (nSPS) is 11.4. The summed E-state index contributed by atoms with van der Waals surface area (Å²) in [6.07, 6.45) is 1.25. The van der Waals surface area contributed by atoms with Crippen molar-refractivity contribution in [3.8, 4) is 0 Å². The van der Waals surface area contributed by atoms with Crippen molar-refractivity contribution in [2.45, 2.75) is 34.1 Å². The average molecular weight is 361 g/mol. The quantitative estimate of drug-likeness (QED) is 0.751. The van der Waals surface area contributed by atoms with Gasteiger partial charge in [-0.15, -0.1) is 0 Å². The molecule has 0 atom stereocenters. The number of sulfonamides is 1. The topological polar surface area (TPSA) is 57.7 Å². The molecule has 0 N–H and O–H groups in total. The molecule has 23 heavy (non-hydrogen) atoms. The first kappa shape index (κ1) is 19.8. The Morgan fingerprint density at radius 3 is 2.17 bits per heavy atom. The summed E-state index contributed by atoms with van der Waals surface area (Å²) in [4.78, 5) is 13.8. The number of halogens is 1. The average Bonchev–Trinajstić information content (AvgIpc) is 2.41. The van der Waals surface area contributed by atoms with Crippen LogP contribution in [0.4, 0.5) is 5.69 Å². The van der Waals surface area contributed by atoms with Gasteiger partial charge in [0, 0.05) is 26.1 Å². The van der Waals surface area contributed by atoms with E-state index in [0.29, 0.717) is 23.8 Å². The predicted octanol–water partition coefficient (Wildman–Crippen LogP) is 2.98. The molecule has 1 amide bonds. The highest BCUT2D eigenvalue weighted by molar-refractivity contribution is 7.92. The summed E-state index contributed by atoms with van der Waals surface area (Å²) in [5, 5.41) is 0.378. The Balaban J connectivity index is 3.12. The first-order valence-corrected chi connectivity index (χ1v) is 9.86. The van der Waals surface area contributed by atoms with Crippen LogP contribution in [-0.4, -0.2) is 45.1 Å². The van der Waals surface area contributed by atoms with Gasteiger partial charge < -0.3 is 4.90 Å². The van der Waals surface area contributed by atoms with Gasteiger partial charge in [0.1, 0.15) is 0 Å². The lowest BCUT2D eigenvalue weighted by Crippen LogP contribution is -2.37. The fourth-order valence-electron chi connectivity index (χ4n) is 2.60. The second-order valence-electron chi connectivity index (χ2n) is 5.56. The number of carbonyl (C=O) groups is 1. The van der Waals surface area contributed by atoms with Crippen LogP contribution in [0.15, 0.2) is 12.1 Å². The van der Waals surface area contributed by atoms with Crippen LogP contribution in [0.25, 0.3) is 0 Å². The van der Waals surface area contributed by atoms with Crippen LogP contribution >= 0.6 is 11.6 Å². The molecule has 0 heterocycles. The second kappa shape index (κ2) is 8.02. The number of rotatable bonds is 7. The SMILES string of the molecule is CCN(CC)C(=O)CCN(c1c(C)cc(C)cc1Cl)S(C)(=O)=O. The van der Waals surface area contributed by atoms with E-state index in [-0.39, 0.29) is 18.9 Å². The fourth-order valence-corrected chi connectivity index (χ4v) is 4.07. The van der Waals surface area contributed by atoms with Crippen molar-refractivity contribution < 1.29 is 13.2 Å². The predicted molar refractivity (Wildman–Crippen MR) is 95.7 cm³/mol. The molecule has 1 aromatic rings. The Kier molecular flexibility index (Phi) is 6.89. The largest absolute Gasteiger partial charge is 0.343 e. The summed E-state index contributed by atoms with van der Waals surface area (Å²) in [5.74, 6) is -0.0652. The molecule has 130 valence electrons. The first-order valence-electron chi connectivity index (χ1n) is 7.64. The molecule has 0 radical (unpaired) electrons. The summed E-state index contributed by atoms with van der Waals surface area (Å²) < 4.78 is 25.6. The van der Waals surface area contributed by atoms with Crippen LogP contribution in [0.3, 0.4) is 0 Å². The van der Waals surface area contributed by atoms with Gasteiger partial charge in [0.15, 0.2) is 0 Å². The van der Waals surface area contributed by atoms with Crippen molar-refractivity contribution in [1.29, 1.82) is 0 Å². The molecular weight excluding hydrogens is 336 g/mol. The van der Waals surface area contributed by atoms with Gasteiger partial charge in [-0.1, -0.05) is 17.7 Å². The Morgan fingerprint density at radius 2 is 1.74 bits per heavy atom. The molecule has 0 bridgehead atoms. The molecular formula is C16H25ClN2O3S. The molecule has 0 aliphatic carbocycles. The third kappa shape index (κ3) is 5.11. The Morgan fingerprint density at radius 1 is 1.17 bits per heavy atom. The Hall–Kier alpha value is -1.27. The molecule has 1 aromatic carbocycles. The number of hydrogen-bond acceptors (Lipinski definition) is 3. The van der Waals surface area contributed by atoms with Crippen LogP contribution in [0.5, 0.6) is 0 Å². The summed E-state index contributed by atoms with van der Waals surface area (Å²) in [5.41, 5.74) is 2.19. The van der Waals surface area contributed by atoms with Crippen LogP contribution in [0.1, 0.15) is 31.4 Å². The molecule has 0 fully saturated rings. The molecule has 0 aliphatic heterocycles. The molecule has 0 aliphatic rings. The number of hydrogen-bond donors (Lipinski definition) is 0. The smallest absolute Gasteiger partial charge is 0.232 e. The van der Waals surface area contributed by atoms with Gasteiger partial charge in [-0.05, 0) is 44.9 Å². The van der Waals surface area contributed by atoms with Crippen molar-refractivity contribution >= 4 is 33.2 Å². The maximum atomic E-state index is 12.2. The van der Waals surface area contributed by atoms with Gasteiger partial charge in [-0.25, -0.2) is 8.42 Å². The molecule has 0 unspecified atom stereocenters. The van der Waals surface area contributed by atoms with Crippen LogP contribution in [-0.2, 0) is 14.8 Å². The summed E-state index contributed by atoms with van der Waals surface area (Å²) in [6, 6.07) is 3.61. The molecule has 0 saturated carbocycles. The van der Waals surface area contributed by atoms with Crippen LogP contribution < -0.4 is 4.31 Å². The minimum Gasteiger partial charge on any atom is -0.343 e. The van der Waals surface area contributed by atoms with Crippen LogP contribution in [0, 0.1) is 13.8 Å².